The maximum atomic E-state index is 12.1. The van der Waals surface area contributed by atoms with Gasteiger partial charge < -0.3 is 5.73 Å². The van der Waals surface area contributed by atoms with Gasteiger partial charge in [0.2, 0.25) is 0 Å². The third-order valence-corrected chi connectivity index (χ3v) is 3.16. The number of nitrogens with two attached hydrogens (primary N) is 1. The molecular formula is C16H17NO. The van der Waals surface area contributed by atoms with E-state index < -0.39 is 0 Å². The third-order valence-electron chi connectivity index (χ3n) is 3.16. The normalized spacial score (nSPS) is 10.3. The van der Waals surface area contributed by atoms with E-state index in [2.05, 4.69) is 0 Å². The van der Waals surface area contributed by atoms with Gasteiger partial charge in [-0.3, -0.25) is 4.79 Å². The molecule has 0 unspecified atom stereocenters. The van der Waals surface area contributed by atoms with Gasteiger partial charge in [0.15, 0.2) is 5.78 Å². The van der Waals surface area contributed by atoms with Gasteiger partial charge in [0.05, 0.1) is 0 Å². The molecule has 0 aliphatic carbocycles. The van der Waals surface area contributed by atoms with Crippen LogP contribution in [-0.2, 0) is 6.42 Å². The number of ketones is 1. The maximum Gasteiger partial charge on any atom is 0.163 e. The largest absolute Gasteiger partial charge is 0.398 e. The second kappa shape index (κ2) is 5.50. The van der Waals surface area contributed by atoms with Crippen molar-refractivity contribution in [3.8, 4) is 0 Å². The summed E-state index contributed by atoms with van der Waals surface area (Å²) in [5, 5.41) is 0. The lowest BCUT2D eigenvalue weighted by Crippen LogP contribution is -2.05. The molecule has 2 aromatic rings. The van der Waals surface area contributed by atoms with Crippen LogP contribution in [0.1, 0.15) is 27.9 Å². The Morgan fingerprint density at radius 2 is 1.78 bits per heavy atom. The van der Waals surface area contributed by atoms with Gasteiger partial charge >= 0.3 is 0 Å². The highest BCUT2D eigenvalue weighted by molar-refractivity contribution is 5.98. The Morgan fingerprint density at radius 1 is 1.06 bits per heavy atom. The molecular weight excluding hydrogens is 222 g/mol. The number of carbonyl (C=O) groups is 1. The first-order valence-corrected chi connectivity index (χ1v) is 6.10. The van der Waals surface area contributed by atoms with E-state index in [9.17, 15) is 4.79 Å². The Balaban J connectivity index is 2.07. The van der Waals surface area contributed by atoms with Crippen LogP contribution in [0.3, 0.4) is 0 Å². The zero-order valence-corrected chi connectivity index (χ0v) is 10.5. The summed E-state index contributed by atoms with van der Waals surface area (Å²) in [6, 6.07) is 15.5. The first kappa shape index (κ1) is 12.4. The number of hydrogen-bond donors (Lipinski definition) is 1. The molecule has 0 spiro atoms. The van der Waals surface area contributed by atoms with Crippen molar-refractivity contribution in [1.82, 2.24) is 0 Å². The molecule has 0 saturated carbocycles. The van der Waals surface area contributed by atoms with Gasteiger partial charge in [-0.15, -0.1) is 0 Å². The highest BCUT2D eigenvalue weighted by Crippen LogP contribution is 2.18. The number of hydrogen-bond acceptors (Lipinski definition) is 2. The summed E-state index contributed by atoms with van der Waals surface area (Å²) < 4.78 is 0. The number of rotatable bonds is 4. The molecule has 0 aliphatic rings. The van der Waals surface area contributed by atoms with Crippen LogP contribution in [0.15, 0.2) is 48.5 Å². The highest BCUT2D eigenvalue weighted by Gasteiger charge is 2.10. The molecule has 0 radical (unpaired) electrons. The van der Waals surface area contributed by atoms with E-state index in [1.54, 1.807) is 0 Å². The summed E-state index contributed by atoms with van der Waals surface area (Å²) in [4.78, 5) is 12.1. The van der Waals surface area contributed by atoms with Gasteiger partial charge in [-0.1, -0.05) is 42.5 Å². The molecule has 0 atom stereocenters. The standard InChI is InChI=1S/C16H17NO/c1-12-14(8-5-9-15(12)17)16(18)11-10-13-6-3-2-4-7-13/h2-9H,10-11,17H2,1H3. The van der Waals surface area contributed by atoms with Crippen LogP contribution in [0.5, 0.6) is 0 Å². The van der Waals surface area contributed by atoms with Crippen molar-refractivity contribution < 1.29 is 4.79 Å². The Hall–Kier alpha value is -2.09. The molecule has 2 nitrogen and oxygen atoms in total. The van der Waals surface area contributed by atoms with Crippen LogP contribution in [0.4, 0.5) is 5.69 Å². The fourth-order valence-electron chi connectivity index (χ4n) is 1.99. The Kier molecular flexibility index (Phi) is 3.78. The molecule has 2 heteroatoms. The molecule has 0 aromatic heterocycles. The first-order valence-electron chi connectivity index (χ1n) is 6.10. The van der Waals surface area contributed by atoms with Crippen LogP contribution in [-0.4, -0.2) is 5.78 Å². The molecule has 0 heterocycles. The number of benzene rings is 2. The number of Topliss-reactive ketones (excluding diaryl/α,β-unsaturated/α-hetero) is 1. The van der Waals surface area contributed by atoms with Crippen molar-refractivity contribution in [2.24, 2.45) is 0 Å². The minimum absolute atomic E-state index is 0.156. The molecule has 92 valence electrons. The number of nitrogen functional groups attached to an aromatic ring is 1. The summed E-state index contributed by atoms with van der Waals surface area (Å²) in [6.45, 7) is 1.89. The van der Waals surface area contributed by atoms with E-state index in [0.29, 0.717) is 12.1 Å². The van der Waals surface area contributed by atoms with E-state index in [4.69, 9.17) is 5.73 Å². The highest BCUT2D eigenvalue weighted by atomic mass is 16.1. The third kappa shape index (κ3) is 2.77. The Morgan fingerprint density at radius 3 is 2.50 bits per heavy atom. The van der Waals surface area contributed by atoms with Crippen LogP contribution in [0.2, 0.25) is 0 Å². The molecule has 0 amide bonds. The summed E-state index contributed by atoms with van der Waals surface area (Å²) in [7, 11) is 0. The molecule has 0 aliphatic heterocycles. The Bertz CT molecular complexity index is 546. The quantitative estimate of drug-likeness (QED) is 0.656. The SMILES string of the molecule is Cc1c(N)cccc1C(=O)CCc1ccccc1. The van der Waals surface area contributed by atoms with Crippen molar-refractivity contribution in [2.75, 3.05) is 5.73 Å². The molecule has 0 saturated heterocycles. The fourth-order valence-corrected chi connectivity index (χ4v) is 1.99. The second-order valence-corrected chi connectivity index (χ2v) is 4.43. The topological polar surface area (TPSA) is 43.1 Å². The van der Waals surface area contributed by atoms with E-state index >= 15 is 0 Å². The van der Waals surface area contributed by atoms with Gasteiger partial charge in [-0.25, -0.2) is 0 Å². The van der Waals surface area contributed by atoms with E-state index in [1.807, 2.05) is 55.5 Å². The number of aryl methyl sites for hydroxylation is 1. The van der Waals surface area contributed by atoms with Crippen LogP contribution in [0.25, 0.3) is 0 Å². The molecule has 0 bridgehead atoms. The van der Waals surface area contributed by atoms with Gasteiger partial charge in [0.1, 0.15) is 0 Å². The van der Waals surface area contributed by atoms with Crippen molar-refractivity contribution in [2.45, 2.75) is 19.8 Å². The van der Waals surface area contributed by atoms with E-state index in [-0.39, 0.29) is 5.78 Å². The molecule has 18 heavy (non-hydrogen) atoms. The Labute approximate surface area is 107 Å². The van der Waals surface area contributed by atoms with E-state index in [0.717, 1.165) is 17.5 Å². The van der Waals surface area contributed by atoms with Gasteiger partial charge in [-0.05, 0) is 30.5 Å². The monoisotopic (exact) mass is 239 g/mol. The lowest BCUT2D eigenvalue weighted by molar-refractivity contribution is 0.0982. The maximum absolute atomic E-state index is 12.1. The summed E-state index contributed by atoms with van der Waals surface area (Å²) in [5.41, 5.74) is 9.31. The minimum atomic E-state index is 0.156. The first-order chi connectivity index (χ1) is 8.68. The zero-order valence-electron chi connectivity index (χ0n) is 10.5. The predicted molar refractivity (Wildman–Crippen MR) is 74.7 cm³/mol. The van der Waals surface area contributed by atoms with Crippen molar-refractivity contribution in [3.05, 3.63) is 65.2 Å². The summed E-state index contributed by atoms with van der Waals surface area (Å²) in [6.07, 6.45) is 1.29. The van der Waals surface area contributed by atoms with Crippen LogP contribution < -0.4 is 5.73 Å². The van der Waals surface area contributed by atoms with Crippen LogP contribution >= 0.6 is 0 Å². The minimum Gasteiger partial charge on any atom is -0.398 e. The molecule has 2 rings (SSSR count). The lowest BCUT2D eigenvalue weighted by atomic mass is 9.98. The second-order valence-electron chi connectivity index (χ2n) is 4.43. The van der Waals surface area contributed by atoms with Crippen molar-refractivity contribution in [3.63, 3.8) is 0 Å². The average Bonchev–Trinajstić information content (AvgIpc) is 2.40. The lowest BCUT2D eigenvalue weighted by Gasteiger charge is -2.07. The van der Waals surface area contributed by atoms with Crippen molar-refractivity contribution in [1.29, 1.82) is 0 Å². The molecule has 2 aromatic carbocycles. The number of carbonyl (C=O) groups excluding carboxylic acids is 1. The fraction of sp³-hybridized carbons (Fsp3) is 0.188. The van der Waals surface area contributed by atoms with Crippen molar-refractivity contribution >= 4 is 11.5 Å². The summed E-state index contributed by atoms with van der Waals surface area (Å²) >= 11 is 0. The zero-order chi connectivity index (χ0) is 13.0. The molecule has 0 fully saturated rings. The van der Waals surface area contributed by atoms with Gasteiger partial charge in [0.25, 0.3) is 0 Å². The smallest absolute Gasteiger partial charge is 0.163 e. The average molecular weight is 239 g/mol. The predicted octanol–water partition coefficient (Wildman–Crippen LogP) is 3.39. The van der Waals surface area contributed by atoms with E-state index in [1.165, 1.54) is 5.56 Å². The van der Waals surface area contributed by atoms with Crippen LogP contribution in [0, 0.1) is 6.92 Å². The van der Waals surface area contributed by atoms with Gasteiger partial charge in [0, 0.05) is 17.7 Å². The van der Waals surface area contributed by atoms with Gasteiger partial charge in [-0.2, -0.15) is 0 Å². The summed E-state index contributed by atoms with van der Waals surface area (Å²) in [5.74, 6) is 0.156. The number of anilines is 1. The molecule has 2 N–H and O–H groups in total.